The number of aromatic amines is 2. The Morgan fingerprint density at radius 1 is 0.850 bits per heavy atom. The molecule has 0 spiro atoms. The number of ether oxygens (including phenoxy) is 1. The van der Waals surface area contributed by atoms with E-state index in [4.69, 9.17) is 4.74 Å². The predicted molar refractivity (Wildman–Crippen MR) is 223 cm³/mol. The Hall–Kier alpha value is -7.02. The van der Waals surface area contributed by atoms with Crippen molar-refractivity contribution in [3.63, 3.8) is 0 Å². The van der Waals surface area contributed by atoms with E-state index in [0.29, 0.717) is 27.4 Å². The van der Waals surface area contributed by atoms with Gasteiger partial charge in [0, 0.05) is 59.0 Å². The Kier molecular flexibility index (Phi) is 13.0. The zero-order valence-electron chi connectivity index (χ0n) is 33.6. The number of carbonyl (C=O) groups excluding carboxylic acids is 7. The lowest BCUT2D eigenvalue weighted by atomic mass is 9.99. The maximum absolute atomic E-state index is 14.5. The quantitative estimate of drug-likeness (QED) is 0.119. The molecule has 6 rings (SSSR count). The number of rotatable bonds is 5. The van der Waals surface area contributed by atoms with Crippen molar-refractivity contribution in [2.75, 3.05) is 27.2 Å². The largest absolute Gasteiger partial charge is 0.496 e. The number of likely N-dealkylation sites (N-methyl/N-ethyl adjacent to an activating group) is 1. The molecule has 8 N–H and O–H groups in total. The Morgan fingerprint density at radius 3 is 2.33 bits per heavy atom. The number of aryl methyl sites for hydroxylation is 1. The van der Waals surface area contributed by atoms with Crippen LogP contribution in [0.15, 0.2) is 66.3 Å². The van der Waals surface area contributed by atoms with Crippen LogP contribution in [0, 0.1) is 6.92 Å². The molecule has 5 aromatic rings. The van der Waals surface area contributed by atoms with Crippen molar-refractivity contribution >= 4 is 74.5 Å². The van der Waals surface area contributed by atoms with E-state index in [9.17, 15) is 33.6 Å². The summed E-state index contributed by atoms with van der Waals surface area (Å²) in [5, 5.41) is 19.2. The van der Waals surface area contributed by atoms with Crippen LogP contribution in [0.4, 0.5) is 0 Å². The number of hydrogen-bond acceptors (Lipinski definition) is 10. The monoisotopic (exact) mass is 838 g/mol. The van der Waals surface area contributed by atoms with Gasteiger partial charge < -0.3 is 51.5 Å². The van der Waals surface area contributed by atoms with Crippen LogP contribution in [0.2, 0.25) is 0 Å². The second-order valence-electron chi connectivity index (χ2n) is 14.5. The first kappa shape index (κ1) is 42.6. The molecular weight excluding hydrogens is 793 g/mol. The fourth-order valence-corrected chi connectivity index (χ4v) is 7.71. The highest BCUT2D eigenvalue weighted by atomic mass is 32.1. The van der Waals surface area contributed by atoms with Crippen LogP contribution < -0.4 is 36.6 Å². The third-order valence-electron chi connectivity index (χ3n) is 10.0. The molecule has 0 saturated carbocycles. The van der Waals surface area contributed by atoms with Gasteiger partial charge in [0.2, 0.25) is 29.5 Å². The number of aromatic nitrogens is 3. The van der Waals surface area contributed by atoms with Crippen molar-refractivity contribution in [3.05, 3.63) is 93.8 Å². The molecule has 0 radical (unpaired) electrons. The van der Waals surface area contributed by atoms with Gasteiger partial charge >= 0.3 is 0 Å². The van der Waals surface area contributed by atoms with Crippen molar-refractivity contribution < 1.29 is 38.3 Å². The zero-order chi connectivity index (χ0) is 43.2. The standard InChI is InChI=1S/C41H46N10O8S/c1-20-26(35-28(44-20)12-9-13-32(35)59-6)15-30-37(55)43-17-33(52)45-21(2)36(54)47-23(4)41(58)51(5)18-34(53)46-22(3)40-50-31(19-60-40)39(57)48-29(38(56)49-30)14-24-16-42-27-11-8-7-10-25(24)27/h7-13,16,19,21-22,29-30,42,44H,4,14-15,17-18H2,1-3,5-6H3,(H,43,55)(H,45,52)(H,46,53)(H,47,54)(H,48,57)(H,49,56). The summed E-state index contributed by atoms with van der Waals surface area (Å²) in [6.45, 7) is 7.47. The van der Waals surface area contributed by atoms with Gasteiger partial charge in [-0.05, 0) is 50.1 Å². The van der Waals surface area contributed by atoms with Crippen molar-refractivity contribution in [1.82, 2.24) is 51.8 Å². The van der Waals surface area contributed by atoms with Crippen molar-refractivity contribution in [2.24, 2.45) is 0 Å². The summed E-state index contributed by atoms with van der Waals surface area (Å²) in [6, 6.07) is 8.54. The molecule has 4 heterocycles. The fourth-order valence-electron chi connectivity index (χ4n) is 6.90. The average molecular weight is 839 g/mol. The summed E-state index contributed by atoms with van der Waals surface area (Å²) < 4.78 is 5.64. The summed E-state index contributed by atoms with van der Waals surface area (Å²) in [5.74, 6) is -4.40. The lowest BCUT2D eigenvalue weighted by molar-refractivity contribution is -0.133. The molecule has 314 valence electrons. The van der Waals surface area contributed by atoms with Crippen LogP contribution in [-0.2, 0) is 41.6 Å². The zero-order valence-corrected chi connectivity index (χ0v) is 34.4. The number of nitrogens with zero attached hydrogens (tertiary/aromatic N) is 2. The SMILES string of the molecule is C=C1NC(=O)C(C)NC(=O)CNC(=O)C(Cc2c(C)[nH]c3cccc(OC)c23)NC(=O)C(Cc2c[nH]c3ccccc23)NC(=O)c2csc(n2)C(C)NC(=O)CN(C)C1=O. The van der Waals surface area contributed by atoms with Gasteiger partial charge in [0.15, 0.2) is 0 Å². The first-order chi connectivity index (χ1) is 28.6. The second-order valence-corrected chi connectivity index (χ2v) is 15.4. The maximum Gasteiger partial charge on any atom is 0.271 e. The van der Waals surface area contributed by atoms with E-state index in [1.54, 1.807) is 19.2 Å². The number of nitrogens with one attached hydrogen (secondary N) is 8. The fraction of sp³-hybridized carbons (Fsp3) is 0.317. The van der Waals surface area contributed by atoms with E-state index in [-0.39, 0.29) is 24.2 Å². The molecule has 7 amide bonds. The van der Waals surface area contributed by atoms with E-state index in [1.807, 2.05) is 43.3 Å². The van der Waals surface area contributed by atoms with Gasteiger partial charge in [-0.1, -0.05) is 30.8 Å². The molecule has 0 aliphatic carbocycles. The van der Waals surface area contributed by atoms with Crippen molar-refractivity contribution in [3.8, 4) is 5.75 Å². The van der Waals surface area contributed by atoms with Gasteiger partial charge in [0.25, 0.3) is 11.8 Å². The number of fused-ring (bicyclic) bond motifs is 4. The summed E-state index contributed by atoms with van der Waals surface area (Å²) in [5.41, 5.74) is 3.29. The van der Waals surface area contributed by atoms with Crippen LogP contribution in [-0.4, -0.2) is 107 Å². The molecule has 18 nitrogen and oxygen atoms in total. The molecule has 4 unspecified atom stereocenters. The number of thiazole rings is 1. The Balaban J connectivity index is 1.35. The molecule has 4 atom stereocenters. The van der Waals surface area contributed by atoms with Gasteiger partial charge in [-0.15, -0.1) is 11.3 Å². The lowest BCUT2D eigenvalue weighted by Crippen LogP contribution is -2.56. The second kappa shape index (κ2) is 18.3. The van der Waals surface area contributed by atoms with E-state index < -0.39 is 78.6 Å². The molecule has 0 fully saturated rings. The summed E-state index contributed by atoms with van der Waals surface area (Å²) >= 11 is 1.11. The first-order valence-electron chi connectivity index (χ1n) is 19.0. The highest BCUT2D eigenvalue weighted by Gasteiger charge is 2.31. The Labute approximate surface area is 348 Å². The minimum absolute atomic E-state index is 0.0142. The van der Waals surface area contributed by atoms with Gasteiger partial charge in [-0.2, -0.15) is 0 Å². The molecule has 2 aromatic carbocycles. The minimum atomic E-state index is -1.29. The van der Waals surface area contributed by atoms with Crippen molar-refractivity contribution in [2.45, 2.75) is 57.8 Å². The number of methoxy groups -OCH3 is 1. The Morgan fingerprint density at radius 2 is 1.57 bits per heavy atom. The summed E-state index contributed by atoms with van der Waals surface area (Å²) in [7, 11) is 2.87. The van der Waals surface area contributed by atoms with Crippen LogP contribution in [0.3, 0.4) is 0 Å². The van der Waals surface area contributed by atoms with E-state index >= 15 is 0 Å². The van der Waals surface area contributed by atoms with E-state index in [2.05, 4.69) is 53.4 Å². The minimum Gasteiger partial charge on any atom is -0.496 e. The number of carbonyl (C=O) groups is 7. The molecule has 3 aromatic heterocycles. The summed E-state index contributed by atoms with van der Waals surface area (Å²) in [4.78, 5) is 106. The van der Waals surface area contributed by atoms with Gasteiger partial charge in [0.05, 0.1) is 31.9 Å². The Bertz CT molecular complexity index is 2510. The maximum atomic E-state index is 14.5. The third-order valence-corrected chi connectivity index (χ3v) is 11.1. The smallest absolute Gasteiger partial charge is 0.271 e. The molecule has 19 heteroatoms. The van der Waals surface area contributed by atoms with Crippen LogP contribution in [0.25, 0.3) is 21.8 Å². The lowest BCUT2D eigenvalue weighted by Gasteiger charge is -2.24. The van der Waals surface area contributed by atoms with Gasteiger partial charge in [-0.25, -0.2) is 4.98 Å². The van der Waals surface area contributed by atoms with Gasteiger partial charge in [-0.3, -0.25) is 33.6 Å². The number of hydrogen-bond donors (Lipinski definition) is 8. The molecule has 60 heavy (non-hydrogen) atoms. The van der Waals surface area contributed by atoms with Crippen LogP contribution in [0.1, 0.15) is 52.2 Å². The highest BCUT2D eigenvalue weighted by Crippen LogP contribution is 2.32. The van der Waals surface area contributed by atoms with Crippen molar-refractivity contribution in [1.29, 1.82) is 0 Å². The number of benzene rings is 2. The summed E-state index contributed by atoms with van der Waals surface area (Å²) in [6.07, 6.45) is 1.70. The predicted octanol–water partition coefficient (Wildman–Crippen LogP) is 1.39. The molecule has 2 bridgehead atoms. The molecule has 1 aliphatic heterocycles. The topological polar surface area (TPSA) is 249 Å². The first-order valence-corrected chi connectivity index (χ1v) is 19.9. The van der Waals surface area contributed by atoms with Crippen LogP contribution in [0.5, 0.6) is 5.75 Å². The van der Waals surface area contributed by atoms with Crippen LogP contribution >= 0.6 is 11.3 Å². The third kappa shape index (κ3) is 9.63. The van der Waals surface area contributed by atoms with E-state index in [1.165, 1.54) is 26.5 Å². The highest BCUT2D eigenvalue weighted by molar-refractivity contribution is 7.09. The number of amides is 7. The normalized spacial score (nSPS) is 20.8. The number of para-hydroxylation sites is 1. The molecular formula is C41H46N10O8S. The number of H-pyrrole nitrogens is 2. The average Bonchev–Trinajstić information content (AvgIpc) is 3.96. The van der Waals surface area contributed by atoms with Gasteiger partial charge in [0.1, 0.15) is 34.6 Å². The molecule has 0 saturated heterocycles. The molecule has 1 aliphatic rings. The van der Waals surface area contributed by atoms with E-state index in [0.717, 1.165) is 38.2 Å².